The van der Waals surface area contributed by atoms with Gasteiger partial charge in [0.1, 0.15) is 0 Å². The minimum Gasteiger partial charge on any atom is -0.462 e. The third kappa shape index (κ3) is 4.00. The lowest BCUT2D eigenvalue weighted by atomic mass is 10.2. The molecule has 0 aliphatic rings. The van der Waals surface area contributed by atoms with E-state index < -0.39 is 0 Å². The van der Waals surface area contributed by atoms with E-state index in [4.69, 9.17) is 4.74 Å². The van der Waals surface area contributed by atoms with Crippen LogP contribution in [-0.2, 0) is 11.3 Å². The molecule has 0 amide bonds. The fourth-order valence-corrected chi connectivity index (χ4v) is 3.03. The van der Waals surface area contributed by atoms with Gasteiger partial charge >= 0.3 is 5.97 Å². The third-order valence-corrected chi connectivity index (χ3v) is 4.25. The summed E-state index contributed by atoms with van der Waals surface area (Å²) in [7, 11) is 0. The smallest absolute Gasteiger partial charge is 0.338 e. The summed E-state index contributed by atoms with van der Waals surface area (Å²) in [5, 5.41) is 2.02. The maximum absolute atomic E-state index is 11.7. The minimum atomic E-state index is -0.306. The number of esters is 1. The molecule has 24 heavy (non-hydrogen) atoms. The Morgan fingerprint density at radius 2 is 1.88 bits per heavy atom. The van der Waals surface area contributed by atoms with Crippen LogP contribution in [0.2, 0.25) is 0 Å². The average Bonchev–Trinajstić information content (AvgIpc) is 3.03. The number of hydrogen-bond donors (Lipinski definition) is 0. The Balaban J connectivity index is 1.82. The third-order valence-electron chi connectivity index (χ3n) is 3.46. The molecule has 2 aromatic carbocycles. The molecule has 3 aromatic rings. The first-order chi connectivity index (χ1) is 11.8. The number of carbonyl (C=O) groups excluding carboxylic acids is 1. The van der Waals surface area contributed by atoms with E-state index in [1.807, 2.05) is 41.9 Å². The van der Waals surface area contributed by atoms with Gasteiger partial charge in [-0.25, -0.2) is 9.79 Å². The largest absolute Gasteiger partial charge is 0.462 e. The zero-order valence-electron chi connectivity index (χ0n) is 13.4. The molecular weight excluding hydrogens is 320 g/mol. The molecule has 0 fully saturated rings. The Kier molecular flexibility index (Phi) is 5.23. The quantitative estimate of drug-likeness (QED) is 0.660. The Hall–Kier alpha value is -2.66. The molecule has 0 bridgehead atoms. The molecule has 4 nitrogen and oxygen atoms in total. The van der Waals surface area contributed by atoms with Crippen LogP contribution >= 0.6 is 11.3 Å². The van der Waals surface area contributed by atoms with E-state index in [1.54, 1.807) is 30.4 Å². The van der Waals surface area contributed by atoms with Crippen molar-refractivity contribution in [1.29, 1.82) is 0 Å². The lowest BCUT2D eigenvalue weighted by Crippen LogP contribution is -2.14. The van der Waals surface area contributed by atoms with Gasteiger partial charge in [-0.05, 0) is 36.8 Å². The van der Waals surface area contributed by atoms with Gasteiger partial charge in [0.15, 0.2) is 4.80 Å². The van der Waals surface area contributed by atoms with E-state index in [0.717, 1.165) is 17.0 Å². The van der Waals surface area contributed by atoms with Crippen molar-refractivity contribution in [1.82, 2.24) is 4.57 Å². The SMILES string of the molecule is CCOC(=O)c1ccc(/N=c2/sccn2Cc2ccccc2)cc1. The monoisotopic (exact) mass is 338 g/mol. The van der Waals surface area contributed by atoms with E-state index in [1.165, 1.54) is 5.56 Å². The van der Waals surface area contributed by atoms with Gasteiger partial charge < -0.3 is 9.30 Å². The van der Waals surface area contributed by atoms with E-state index in [-0.39, 0.29) is 5.97 Å². The minimum absolute atomic E-state index is 0.306. The van der Waals surface area contributed by atoms with Crippen molar-refractivity contribution in [3.8, 4) is 0 Å². The lowest BCUT2D eigenvalue weighted by Gasteiger charge is -2.03. The van der Waals surface area contributed by atoms with Gasteiger partial charge in [-0.2, -0.15) is 0 Å². The number of hydrogen-bond acceptors (Lipinski definition) is 4. The van der Waals surface area contributed by atoms with Crippen molar-refractivity contribution >= 4 is 23.0 Å². The molecule has 0 saturated carbocycles. The molecule has 5 heteroatoms. The van der Waals surface area contributed by atoms with Gasteiger partial charge in [0, 0.05) is 18.1 Å². The van der Waals surface area contributed by atoms with Gasteiger partial charge in [-0.3, -0.25) is 0 Å². The second kappa shape index (κ2) is 7.75. The average molecular weight is 338 g/mol. The Labute approximate surface area is 144 Å². The molecule has 0 saturated heterocycles. The summed E-state index contributed by atoms with van der Waals surface area (Å²) < 4.78 is 7.10. The number of rotatable bonds is 5. The predicted molar refractivity (Wildman–Crippen MR) is 95.5 cm³/mol. The van der Waals surface area contributed by atoms with Crippen molar-refractivity contribution in [2.45, 2.75) is 13.5 Å². The zero-order chi connectivity index (χ0) is 16.8. The number of nitrogens with zero attached hydrogens (tertiary/aromatic N) is 2. The molecule has 0 aliphatic heterocycles. The topological polar surface area (TPSA) is 43.6 Å². The predicted octanol–water partition coefficient (Wildman–Crippen LogP) is 4.01. The Morgan fingerprint density at radius 1 is 1.12 bits per heavy atom. The van der Waals surface area contributed by atoms with Crippen LogP contribution in [0.1, 0.15) is 22.8 Å². The lowest BCUT2D eigenvalue weighted by molar-refractivity contribution is 0.0526. The van der Waals surface area contributed by atoms with Crippen LogP contribution in [0, 0.1) is 0 Å². The first-order valence-corrected chi connectivity index (χ1v) is 8.64. The van der Waals surface area contributed by atoms with Crippen LogP contribution in [0.3, 0.4) is 0 Å². The fourth-order valence-electron chi connectivity index (χ4n) is 2.28. The highest BCUT2D eigenvalue weighted by Crippen LogP contribution is 2.13. The standard InChI is InChI=1S/C19H18N2O2S/c1-2-23-18(22)16-8-10-17(11-9-16)20-19-21(12-13-24-19)14-15-6-4-3-5-7-15/h3-13H,2,14H2,1H3/b20-19+. The number of thiazole rings is 1. The van der Waals surface area contributed by atoms with Crippen LogP contribution in [0.5, 0.6) is 0 Å². The molecule has 3 rings (SSSR count). The van der Waals surface area contributed by atoms with Crippen LogP contribution in [0.15, 0.2) is 71.2 Å². The van der Waals surface area contributed by atoms with Crippen molar-refractivity contribution in [2.75, 3.05) is 6.61 Å². The summed E-state index contributed by atoms with van der Waals surface area (Å²) in [6.45, 7) is 2.95. The van der Waals surface area contributed by atoms with Gasteiger partial charge in [-0.15, -0.1) is 11.3 Å². The van der Waals surface area contributed by atoms with Gasteiger partial charge in [0.2, 0.25) is 0 Å². The highest BCUT2D eigenvalue weighted by atomic mass is 32.1. The van der Waals surface area contributed by atoms with Gasteiger partial charge in [-0.1, -0.05) is 30.3 Å². The van der Waals surface area contributed by atoms with Crippen LogP contribution in [0.4, 0.5) is 5.69 Å². The maximum Gasteiger partial charge on any atom is 0.338 e. The van der Waals surface area contributed by atoms with Gasteiger partial charge in [0.05, 0.1) is 17.9 Å². The molecule has 0 aliphatic carbocycles. The second-order valence-corrected chi connectivity index (χ2v) is 6.05. The van der Waals surface area contributed by atoms with E-state index in [9.17, 15) is 4.79 Å². The van der Waals surface area contributed by atoms with E-state index in [2.05, 4.69) is 21.7 Å². The number of benzene rings is 2. The summed E-state index contributed by atoms with van der Waals surface area (Å²) in [5.41, 5.74) is 2.58. The second-order valence-electron chi connectivity index (χ2n) is 5.18. The van der Waals surface area contributed by atoms with Crippen molar-refractivity contribution in [3.05, 3.63) is 82.1 Å². The molecular formula is C19H18N2O2S. The first-order valence-electron chi connectivity index (χ1n) is 7.76. The highest BCUT2D eigenvalue weighted by molar-refractivity contribution is 7.07. The van der Waals surface area contributed by atoms with Crippen LogP contribution in [-0.4, -0.2) is 17.1 Å². The van der Waals surface area contributed by atoms with Gasteiger partial charge in [0.25, 0.3) is 0 Å². The fraction of sp³-hybridized carbons (Fsp3) is 0.158. The summed E-state index contributed by atoms with van der Waals surface area (Å²) in [6.07, 6.45) is 2.03. The number of aromatic nitrogens is 1. The van der Waals surface area contributed by atoms with Crippen molar-refractivity contribution in [2.24, 2.45) is 4.99 Å². The molecule has 0 spiro atoms. The summed E-state index contributed by atoms with van der Waals surface area (Å²) in [4.78, 5) is 17.3. The van der Waals surface area contributed by atoms with E-state index in [0.29, 0.717) is 12.2 Å². The molecule has 0 radical (unpaired) electrons. The number of carbonyl (C=O) groups is 1. The molecule has 0 N–H and O–H groups in total. The highest BCUT2D eigenvalue weighted by Gasteiger charge is 2.05. The molecule has 1 aromatic heterocycles. The van der Waals surface area contributed by atoms with Crippen LogP contribution < -0.4 is 4.80 Å². The molecule has 0 unspecified atom stereocenters. The molecule has 122 valence electrons. The normalized spacial score (nSPS) is 11.5. The van der Waals surface area contributed by atoms with Crippen molar-refractivity contribution < 1.29 is 9.53 Å². The summed E-state index contributed by atoms with van der Waals surface area (Å²) in [6, 6.07) is 17.4. The van der Waals surface area contributed by atoms with Crippen molar-refractivity contribution in [3.63, 3.8) is 0 Å². The zero-order valence-corrected chi connectivity index (χ0v) is 14.2. The van der Waals surface area contributed by atoms with E-state index >= 15 is 0 Å². The summed E-state index contributed by atoms with van der Waals surface area (Å²) >= 11 is 1.59. The Bertz CT molecular complexity index is 864. The van der Waals surface area contributed by atoms with Crippen LogP contribution in [0.25, 0.3) is 0 Å². The maximum atomic E-state index is 11.7. The Morgan fingerprint density at radius 3 is 2.58 bits per heavy atom. The molecule has 0 atom stereocenters. The molecule has 1 heterocycles. The summed E-state index contributed by atoms with van der Waals surface area (Å²) in [5.74, 6) is -0.306. The first kappa shape index (κ1) is 16.2. The number of ether oxygens (including phenoxy) is 1.